The number of oxime groups is 1. The number of aromatic nitrogens is 3. The van der Waals surface area contributed by atoms with Crippen LogP contribution in [0.25, 0.3) is 0 Å². The van der Waals surface area contributed by atoms with Crippen molar-refractivity contribution in [2.45, 2.75) is 69.3 Å². The number of phenols is 1. The van der Waals surface area contributed by atoms with Crippen molar-refractivity contribution < 1.29 is 39.5 Å². The van der Waals surface area contributed by atoms with Crippen LogP contribution in [0, 0.1) is 17.8 Å². The van der Waals surface area contributed by atoms with Crippen molar-refractivity contribution in [3.63, 3.8) is 0 Å². The van der Waals surface area contributed by atoms with Gasteiger partial charge in [0.1, 0.15) is 24.1 Å². The summed E-state index contributed by atoms with van der Waals surface area (Å²) in [5.74, 6) is -3.03. The number of benzene rings is 2. The lowest BCUT2D eigenvalue weighted by Gasteiger charge is -2.56. The van der Waals surface area contributed by atoms with E-state index in [1.54, 1.807) is 12.1 Å². The molecular weight excluding hydrogens is 604 g/mol. The number of hydrogen-bond acceptors (Lipinski definition) is 11. The molecule has 6 atom stereocenters. The number of methoxy groups -OCH3 is 1. The summed E-state index contributed by atoms with van der Waals surface area (Å²) >= 11 is 0. The van der Waals surface area contributed by atoms with Crippen LogP contribution in [0.3, 0.4) is 0 Å². The van der Waals surface area contributed by atoms with Crippen LogP contribution in [-0.2, 0) is 16.2 Å². The number of nitrogens with zero attached hydrogens (tertiary/aromatic N) is 4. The molecule has 0 saturated heterocycles. The van der Waals surface area contributed by atoms with Gasteiger partial charge in [-0.1, -0.05) is 59.6 Å². The van der Waals surface area contributed by atoms with Crippen LogP contribution in [0.5, 0.6) is 11.5 Å². The van der Waals surface area contributed by atoms with Gasteiger partial charge in [0.25, 0.3) is 0 Å². The number of aliphatic hydroxyl groups excluding tert-OH is 2. The minimum absolute atomic E-state index is 0.00831. The first-order chi connectivity index (χ1) is 22.9. The maximum atomic E-state index is 12.9. The van der Waals surface area contributed by atoms with Gasteiger partial charge in [0.05, 0.1) is 24.9 Å². The number of hydrogen-bond donors (Lipinski definition) is 4. The number of allylic oxidation sites excluding steroid dienone is 1. The highest BCUT2D eigenvalue weighted by Gasteiger charge is 2.63. The van der Waals surface area contributed by atoms with Crippen LogP contribution in [0.4, 0.5) is 0 Å². The van der Waals surface area contributed by atoms with E-state index < -0.39 is 23.7 Å². The molecular formula is C35H42N4O8. The van der Waals surface area contributed by atoms with Crippen LogP contribution in [0.2, 0.25) is 0 Å². The Morgan fingerprint density at radius 1 is 1.09 bits per heavy atom. The highest BCUT2D eigenvalue weighted by atomic mass is 16.6. The molecule has 0 radical (unpaired) electrons. The molecule has 1 aliphatic heterocycles. The molecule has 0 amide bonds. The maximum Gasteiger partial charge on any atom is 0.358 e. The van der Waals surface area contributed by atoms with Crippen molar-refractivity contribution >= 4 is 11.7 Å². The minimum atomic E-state index is -1.90. The molecule has 1 aromatic heterocycles. The average molecular weight is 647 g/mol. The number of fused-ring (bicyclic) bond motifs is 2. The third kappa shape index (κ3) is 6.37. The number of phenolic OH excluding ortho intramolecular Hbond substituents is 1. The van der Waals surface area contributed by atoms with E-state index in [0.29, 0.717) is 24.3 Å². The van der Waals surface area contributed by atoms with E-state index in [4.69, 9.17) is 14.3 Å². The second-order valence-electron chi connectivity index (χ2n) is 12.5. The lowest BCUT2D eigenvalue weighted by Crippen LogP contribution is -2.62. The number of ether oxygens (including phenoxy) is 2. The molecule has 1 saturated carbocycles. The fraction of sp³-hybridized carbons (Fsp3) is 0.486. The molecule has 2 aliphatic carbocycles. The second kappa shape index (κ2) is 14.2. The first kappa shape index (κ1) is 32.7. The van der Waals surface area contributed by atoms with E-state index in [0.717, 1.165) is 42.4 Å². The van der Waals surface area contributed by atoms with Crippen molar-refractivity contribution in [3.05, 3.63) is 83.2 Å². The van der Waals surface area contributed by atoms with Crippen LogP contribution in [-0.4, -0.2) is 73.2 Å². The Bertz CT molecular complexity index is 1610. The number of rotatable bonds is 13. The van der Waals surface area contributed by atoms with Crippen molar-refractivity contribution in [2.24, 2.45) is 22.9 Å². The summed E-state index contributed by atoms with van der Waals surface area (Å²) < 4.78 is 12.9. The van der Waals surface area contributed by atoms with Crippen LogP contribution >= 0.6 is 0 Å². The standard InChI is InChI=1S/C35H42N4O8/c1-45-34(43)29-20-36-38-39(29)31-19-28(37-46-21-22-9-3-2-4-10-22)26-17-23(11-5-7-15-40)25(12-6-8-16-41)32-27-18-24(42)13-14-30(27)47-35(31,44)33(26)32/h2-4,9-10,13-14,17-18,20,23,25,31-33,40-42,44H,5-8,11-12,15-16,19,21H2,1H3. The van der Waals surface area contributed by atoms with Gasteiger partial charge >= 0.3 is 5.97 Å². The number of carbonyl (C=O) groups is 1. The molecule has 6 rings (SSSR count). The predicted molar refractivity (Wildman–Crippen MR) is 171 cm³/mol. The minimum Gasteiger partial charge on any atom is -0.508 e. The smallest absolute Gasteiger partial charge is 0.358 e. The zero-order chi connectivity index (χ0) is 33.0. The fourth-order valence-electron chi connectivity index (χ4n) is 7.69. The van der Waals surface area contributed by atoms with Gasteiger partial charge in [-0.3, -0.25) is 0 Å². The number of carbonyl (C=O) groups excluding carboxylic acids is 1. The molecule has 250 valence electrons. The zero-order valence-corrected chi connectivity index (χ0v) is 26.4. The Kier molecular flexibility index (Phi) is 9.90. The molecule has 1 fully saturated rings. The van der Waals surface area contributed by atoms with Gasteiger partial charge in [0.15, 0.2) is 5.69 Å². The van der Waals surface area contributed by atoms with Gasteiger partial charge < -0.3 is 34.7 Å². The summed E-state index contributed by atoms with van der Waals surface area (Å²) in [5.41, 5.74) is 3.13. The lowest BCUT2D eigenvalue weighted by molar-refractivity contribution is -0.225. The van der Waals surface area contributed by atoms with E-state index in [9.17, 15) is 25.2 Å². The Morgan fingerprint density at radius 2 is 1.85 bits per heavy atom. The highest BCUT2D eigenvalue weighted by molar-refractivity contribution is 6.02. The van der Waals surface area contributed by atoms with Gasteiger partial charge in [0, 0.05) is 31.1 Å². The molecule has 0 bridgehead atoms. The molecule has 3 aliphatic rings. The van der Waals surface area contributed by atoms with Gasteiger partial charge in [-0.15, -0.1) is 5.10 Å². The number of aliphatic hydroxyl groups is 3. The van der Waals surface area contributed by atoms with E-state index in [2.05, 4.69) is 21.5 Å². The molecule has 4 N–H and O–H groups in total. The maximum absolute atomic E-state index is 12.9. The summed E-state index contributed by atoms with van der Waals surface area (Å²) in [7, 11) is 1.27. The van der Waals surface area contributed by atoms with Crippen molar-refractivity contribution in [2.75, 3.05) is 20.3 Å². The number of aromatic hydroxyl groups is 1. The topological polar surface area (TPSA) is 169 Å². The molecule has 47 heavy (non-hydrogen) atoms. The highest BCUT2D eigenvalue weighted by Crippen LogP contribution is 2.62. The van der Waals surface area contributed by atoms with E-state index in [1.807, 2.05) is 30.3 Å². The average Bonchev–Trinajstić information content (AvgIpc) is 3.56. The summed E-state index contributed by atoms with van der Waals surface area (Å²) in [5, 5.41) is 55.7. The number of unbranched alkanes of at least 4 members (excludes halogenated alkanes) is 2. The molecule has 3 aromatic rings. The molecule has 12 nitrogen and oxygen atoms in total. The van der Waals surface area contributed by atoms with Crippen molar-refractivity contribution in [3.8, 4) is 11.5 Å². The third-order valence-electron chi connectivity index (χ3n) is 9.77. The van der Waals surface area contributed by atoms with Gasteiger partial charge in [-0.2, -0.15) is 0 Å². The van der Waals surface area contributed by atoms with E-state index >= 15 is 0 Å². The summed E-state index contributed by atoms with van der Waals surface area (Å²) in [6.07, 6.45) is 7.98. The first-order valence-electron chi connectivity index (χ1n) is 16.3. The van der Waals surface area contributed by atoms with Gasteiger partial charge in [0.2, 0.25) is 5.79 Å². The van der Waals surface area contributed by atoms with Crippen molar-refractivity contribution in [1.82, 2.24) is 15.0 Å². The summed E-state index contributed by atoms with van der Waals surface area (Å²) in [6, 6.07) is 13.6. The Balaban J connectivity index is 1.52. The third-order valence-corrected chi connectivity index (χ3v) is 9.77. The molecule has 2 aromatic carbocycles. The lowest BCUT2D eigenvalue weighted by atomic mass is 9.55. The van der Waals surface area contributed by atoms with Crippen LogP contribution in [0.1, 0.15) is 78.5 Å². The van der Waals surface area contributed by atoms with Gasteiger partial charge in [-0.25, -0.2) is 9.48 Å². The van der Waals surface area contributed by atoms with Gasteiger partial charge in [-0.05, 0) is 66.9 Å². The van der Waals surface area contributed by atoms with Crippen LogP contribution < -0.4 is 4.74 Å². The zero-order valence-electron chi connectivity index (χ0n) is 26.4. The monoisotopic (exact) mass is 646 g/mol. The number of esters is 1. The van der Waals surface area contributed by atoms with E-state index in [-0.39, 0.29) is 55.4 Å². The predicted octanol–water partition coefficient (Wildman–Crippen LogP) is 4.27. The Labute approximate surface area is 273 Å². The second-order valence-corrected chi connectivity index (χ2v) is 12.5. The summed E-state index contributed by atoms with van der Waals surface area (Å²) in [6.45, 7) is 0.396. The molecule has 12 heteroatoms. The first-order valence-corrected chi connectivity index (χ1v) is 16.3. The van der Waals surface area contributed by atoms with Crippen molar-refractivity contribution in [1.29, 1.82) is 0 Å². The normalized spacial score (nSPS) is 26.9. The molecule has 2 heterocycles. The quantitative estimate of drug-likeness (QED) is 0.120. The Hall–Kier alpha value is -4.26. The Morgan fingerprint density at radius 3 is 2.60 bits per heavy atom. The fourth-order valence-corrected chi connectivity index (χ4v) is 7.69. The largest absolute Gasteiger partial charge is 0.508 e. The van der Waals surface area contributed by atoms with Crippen LogP contribution in [0.15, 0.2) is 71.5 Å². The van der Waals surface area contributed by atoms with E-state index in [1.165, 1.54) is 24.1 Å². The molecule has 0 spiro atoms. The molecule has 6 unspecified atom stereocenters. The SMILES string of the molecule is COC(=O)c1cnnn1C1CC(=NOCc2ccccc2)C2=CC(CCCCO)C(CCCCO)C3c4cc(O)ccc4OC1(O)C23. The summed E-state index contributed by atoms with van der Waals surface area (Å²) in [4.78, 5) is 18.8.